The molecule has 0 atom stereocenters. The standard InChI is InChI=1S/C11H19NO3/c1-3-4-5-6-9-12(2)10(13)7-8-11(14)15/h7-8H,3-6,9H2,1-2H3,(H,14,15)/b8-7-. The summed E-state index contributed by atoms with van der Waals surface area (Å²) in [5.41, 5.74) is 0. The predicted molar refractivity (Wildman–Crippen MR) is 58.6 cm³/mol. The molecule has 1 N–H and O–H groups in total. The summed E-state index contributed by atoms with van der Waals surface area (Å²) in [5, 5.41) is 8.33. The minimum atomic E-state index is -1.09. The summed E-state index contributed by atoms with van der Waals surface area (Å²) in [5.74, 6) is -1.35. The van der Waals surface area contributed by atoms with Gasteiger partial charge in [-0.1, -0.05) is 26.2 Å². The van der Waals surface area contributed by atoms with Crippen molar-refractivity contribution < 1.29 is 14.7 Å². The largest absolute Gasteiger partial charge is 0.478 e. The van der Waals surface area contributed by atoms with Gasteiger partial charge in [-0.25, -0.2) is 4.79 Å². The normalized spacial score (nSPS) is 10.5. The molecule has 0 aromatic rings. The van der Waals surface area contributed by atoms with Crippen LogP contribution in [0.4, 0.5) is 0 Å². The van der Waals surface area contributed by atoms with E-state index in [1.165, 1.54) is 11.3 Å². The Morgan fingerprint density at radius 3 is 2.40 bits per heavy atom. The molecule has 0 saturated heterocycles. The molecular weight excluding hydrogens is 194 g/mol. The quantitative estimate of drug-likeness (QED) is 0.517. The topological polar surface area (TPSA) is 57.6 Å². The van der Waals surface area contributed by atoms with E-state index < -0.39 is 5.97 Å². The maximum Gasteiger partial charge on any atom is 0.328 e. The number of unbranched alkanes of at least 4 members (excludes halogenated alkanes) is 3. The SMILES string of the molecule is CCCCCCN(C)C(=O)/C=C\C(=O)O. The van der Waals surface area contributed by atoms with Crippen molar-refractivity contribution in [2.45, 2.75) is 32.6 Å². The lowest BCUT2D eigenvalue weighted by molar-refractivity contribution is -0.132. The zero-order valence-electron chi connectivity index (χ0n) is 9.40. The molecule has 86 valence electrons. The van der Waals surface area contributed by atoms with E-state index in [9.17, 15) is 9.59 Å². The van der Waals surface area contributed by atoms with Crippen LogP contribution in [0.3, 0.4) is 0 Å². The van der Waals surface area contributed by atoms with Crippen LogP contribution in [0.2, 0.25) is 0 Å². The predicted octanol–water partition coefficient (Wildman–Crippen LogP) is 1.67. The van der Waals surface area contributed by atoms with Crippen molar-refractivity contribution in [3.05, 3.63) is 12.2 Å². The number of likely N-dealkylation sites (N-methyl/N-ethyl adjacent to an activating group) is 1. The second-order valence-electron chi connectivity index (χ2n) is 3.49. The number of nitrogens with zero attached hydrogens (tertiary/aromatic N) is 1. The summed E-state index contributed by atoms with van der Waals surface area (Å²) in [6, 6.07) is 0. The van der Waals surface area contributed by atoms with Gasteiger partial charge in [0.2, 0.25) is 5.91 Å². The van der Waals surface area contributed by atoms with Crippen molar-refractivity contribution >= 4 is 11.9 Å². The molecule has 0 saturated carbocycles. The molecule has 1 amide bonds. The fourth-order valence-electron chi connectivity index (χ4n) is 1.16. The van der Waals surface area contributed by atoms with Gasteiger partial charge in [-0.15, -0.1) is 0 Å². The van der Waals surface area contributed by atoms with E-state index in [0.717, 1.165) is 31.4 Å². The highest BCUT2D eigenvalue weighted by molar-refractivity contribution is 5.93. The summed E-state index contributed by atoms with van der Waals surface area (Å²) in [6.45, 7) is 2.81. The highest BCUT2D eigenvalue weighted by atomic mass is 16.4. The van der Waals surface area contributed by atoms with E-state index in [0.29, 0.717) is 6.54 Å². The number of carbonyl (C=O) groups excluding carboxylic acids is 1. The van der Waals surface area contributed by atoms with Crippen molar-refractivity contribution in [1.29, 1.82) is 0 Å². The van der Waals surface area contributed by atoms with E-state index in [1.807, 2.05) is 0 Å². The number of hydrogen-bond acceptors (Lipinski definition) is 2. The lowest BCUT2D eigenvalue weighted by Gasteiger charge is -2.14. The first-order valence-corrected chi connectivity index (χ1v) is 5.24. The number of carboxylic acids is 1. The van der Waals surface area contributed by atoms with Crippen LogP contribution >= 0.6 is 0 Å². The lowest BCUT2D eigenvalue weighted by Crippen LogP contribution is -2.26. The van der Waals surface area contributed by atoms with Gasteiger partial charge in [0.25, 0.3) is 0 Å². The number of carboxylic acid groups (broad SMARTS) is 1. The maximum absolute atomic E-state index is 11.3. The molecule has 4 heteroatoms. The van der Waals surface area contributed by atoms with Crippen molar-refractivity contribution in [1.82, 2.24) is 4.90 Å². The van der Waals surface area contributed by atoms with Crippen LogP contribution in [0.1, 0.15) is 32.6 Å². The van der Waals surface area contributed by atoms with Gasteiger partial charge in [-0.3, -0.25) is 4.79 Å². The van der Waals surface area contributed by atoms with Crippen LogP contribution in [0.15, 0.2) is 12.2 Å². The van der Waals surface area contributed by atoms with E-state index in [2.05, 4.69) is 6.92 Å². The Kier molecular flexibility index (Phi) is 7.32. The highest BCUT2D eigenvalue weighted by Gasteiger charge is 2.04. The molecule has 0 aliphatic rings. The Morgan fingerprint density at radius 2 is 1.87 bits per heavy atom. The third-order valence-corrected chi connectivity index (χ3v) is 2.09. The van der Waals surface area contributed by atoms with Crippen molar-refractivity contribution in [3.63, 3.8) is 0 Å². The number of aliphatic carboxylic acids is 1. The van der Waals surface area contributed by atoms with Crippen LogP contribution in [0.25, 0.3) is 0 Å². The minimum absolute atomic E-state index is 0.256. The van der Waals surface area contributed by atoms with Gasteiger partial charge in [0.05, 0.1) is 0 Å². The zero-order valence-corrected chi connectivity index (χ0v) is 9.40. The monoisotopic (exact) mass is 213 g/mol. The van der Waals surface area contributed by atoms with Crippen LogP contribution in [-0.2, 0) is 9.59 Å². The minimum Gasteiger partial charge on any atom is -0.478 e. The molecule has 0 spiro atoms. The highest BCUT2D eigenvalue weighted by Crippen LogP contribution is 2.00. The Hall–Kier alpha value is -1.32. The van der Waals surface area contributed by atoms with Crippen molar-refractivity contribution in [2.24, 2.45) is 0 Å². The van der Waals surface area contributed by atoms with Crippen molar-refractivity contribution in [2.75, 3.05) is 13.6 Å². The first kappa shape index (κ1) is 13.7. The molecule has 0 unspecified atom stereocenters. The van der Waals surface area contributed by atoms with E-state index in [4.69, 9.17) is 5.11 Å². The number of amides is 1. The molecule has 0 aliphatic heterocycles. The molecule has 0 aromatic carbocycles. The number of hydrogen-bond donors (Lipinski definition) is 1. The van der Waals surface area contributed by atoms with Gasteiger partial charge in [-0.2, -0.15) is 0 Å². The number of rotatable bonds is 7. The average Bonchev–Trinajstić information content (AvgIpc) is 2.20. The third-order valence-electron chi connectivity index (χ3n) is 2.09. The molecule has 0 aliphatic carbocycles. The Labute approximate surface area is 90.6 Å². The molecule has 0 rings (SSSR count). The van der Waals surface area contributed by atoms with Gasteiger partial charge in [-0.05, 0) is 6.42 Å². The Morgan fingerprint density at radius 1 is 1.20 bits per heavy atom. The fourth-order valence-corrected chi connectivity index (χ4v) is 1.16. The van der Waals surface area contributed by atoms with Crippen LogP contribution in [-0.4, -0.2) is 35.5 Å². The molecular formula is C11H19NO3. The molecule has 4 nitrogen and oxygen atoms in total. The summed E-state index contributed by atoms with van der Waals surface area (Å²) in [6.07, 6.45) is 6.37. The first-order chi connectivity index (χ1) is 7.07. The molecule has 0 heterocycles. The zero-order chi connectivity index (χ0) is 11.7. The Balaban J connectivity index is 3.74. The number of carbonyl (C=O) groups is 2. The van der Waals surface area contributed by atoms with Crippen molar-refractivity contribution in [3.8, 4) is 0 Å². The van der Waals surface area contributed by atoms with Gasteiger partial charge >= 0.3 is 5.97 Å². The molecule has 15 heavy (non-hydrogen) atoms. The summed E-state index contributed by atoms with van der Waals surface area (Å²) >= 11 is 0. The fraction of sp³-hybridized carbons (Fsp3) is 0.636. The van der Waals surface area contributed by atoms with Gasteiger partial charge in [0, 0.05) is 25.7 Å². The summed E-state index contributed by atoms with van der Waals surface area (Å²) in [7, 11) is 1.68. The summed E-state index contributed by atoms with van der Waals surface area (Å²) in [4.78, 5) is 23.0. The van der Waals surface area contributed by atoms with Crippen LogP contribution in [0, 0.1) is 0 Å². The molecule has 0 bridgehead atoms. The van der Waals surface area contributed by atoms with Gasteiger partial charge in [0.15, 0.2) is 0 Å². The van der Waals surface area contributed by atoms with Crippen LogP contribution < -0.4 is 0 Å². The lowest BCUT2D eigenvalue weighted by atomic mass is 10.2. The molecule has 0 fully saturated rings. The Bertz CT molecular complexity index is 236. The second kappa shape index (κ2) is 8.03. The average molecular weight is 213 g/mol. The molecule has 0 aromatic heterocycles. The van der Waals surface area contributed by atoms with E-state index >= 15 is 0 Å². The third kappa shape index (κ3) is 7.73. The van der Waals surface area contributed by atoms with E-state index in [1.54, 1.807) is 7.05 Å². The summed E-state index contributed by atoms with van der Waals surface area (Å²) < 4.78 is 0. The first-order valence-electron chi connectivity index (χ1n) is 5.24. The van der Waals surface area contributed by atoms with Gasteiger partial charge < -0.3 is 10.0 Å². The van der Waals surface area contributed by atoms with E-state index in [-0.39, 0.29) is 5.91 Å². The van der Waals surface area contributed by atoms with Crippen LogP contribution in [0.5, 0.6) is 0 Å². The second-order valence-corrected chi connectivity index (χ2v) is 3.49. The smallest absolute Gasteiger partial charge is 0.328 e. The van der Waals surface area contributed by atoms with Gasteiger partial charge in [0.1, 0.15) is 0 Å². The maximum atomic E-state index is 11.3. The molecule has 0 radical (unpaired) electrons.